The van der Waals surface area contributed by atoms with Gasteiger partial charge in [0, 0.05) is 24.1 Å². The van der Waals surface area contributed by atoms with Crippen LogP contribution in [0.2, 0.25) is 0 Å². The average molecular weight is 427 g/mol. The maximum Gasteiger partial charge on any atom is 0.421 e. The van der Waals surface area contributed by atoms with Gasteiger partial charge in [-0.05, 0) is 69.1 Å². The number of nitrogens with zero attached hydrogens (tertiary/aromatic N) is 1. The topological polar surface area (TPSA) is 66.8 Å². The second-order valence-corrected chi connectivity index (χ2v) is 8.55. The molecule has 2 aliphatic carbocycles. The number of aliphatic hydroxyl groups is 1. The summed E-state index contributed by atoms with van der Waals surface area (Å²) in [4.78, 5) is 26.5. The van der Waals surface area contributed by atoms with Crippen molar-refractivity contribution in [2.24, 2.45) is 5.92 Å². The van der Waals surface area contributed by atoms with Crippen LogP contribution < -0.4 is 0 Å². The van der Waals surface area contributed by atoms with E-state index < -0.39 is 11.8 Å². The molecule has 0 aliphatic heterocycles. The van der Waals surface area contributed by atoms with Crippen LogP contribution in [0.1, 0.15) is 67.8 Å². The Hall–Kier alpha value is -2.09. The molecule has 0 heterocycles. The third-order valence-electron chi connectivity index (χ3n) is 6.31. The van der Waals surface area contributed by atoms with E-state index in [-0.39, 0.29) is 35.4 Å². The molecule has 166 valence electrons. The third-order valence-corrected chi connectivity index (χ3v) is 6.31. The first-order chi connectivity index (χ1) is 14.0. The molecule has 8 heteroatoms. The van der Waals surface area contributed by atoms with Crippen molar-refractivity contribution in [2.75, 3.05) is 7.11 Å². The van der Waals surface area contributed by atoms with Gasteiger partial charge in [0.05, 0.1) is 7.11 Å². The van der Waals surface area contributed by atoms with Crippen LogP contribution in [0.3, 0.4) is 0 Å². The van der Waals surface area contributed by atoms with E-state index >= 15 is 0 Å². The Morgan fingerprint density at radius 2 is 1.53 bits per heavy atom. The second-order valence-electron chi connectivity index (χ2n) is 8.55. The van der Waals surface area contributed by atoms with Crippen LogP contribution in [0.4, 0.5) is 13.2 Å². The fourth-order valence-electron chi connectivity index (χ4n) is 4.18. The van der Waals surface area contributed by atoms with Gasteiger partial charge in [-0.2, -0.15) is 13.2 Å². The number of benzene rings is 1. The molecule has 2 aliphatic rings. The summed E-state index contributed by atoms with van der Waals surface area (Å²) in [6.07, 6.45) is 0.703. The maximum absolute atomic E-state index is 13.2. The molecule has 3 rings (SSSR count). The number of amides is 1. The number of esters is 1. The monoisotopic (exact) mass is 427 g/mol. The van der Waals surface area contributed by atoms with Gasteiger partial charge < -0.3 is 14.7 Å². The average Bonchev–Trinajstić information content (AvgIpc) is 3.53. The quantitative estimate of drug-likeness (QED) is 0.692. The van der Waals surface area contributed by atoms with Crippen LogP contribution in [-0.4, -0.2) is 47.3 Å². The summed E-state index contributed by atoms with van der Waals surface area (Å²) in [5, 5.41) is 9.81. The van der Waals surface area contributed by atoms with Crippen molar-refractivity contribution in [3.05, 3.63) is 35.4 Å². The first-order valence-corrected chi connectivity index (χ1v) is 10.3. The number of hydrogen-bond donors (Lipinski definition) is 1. The molecular weight excluding hydrogens is 399 g/mol. The molecule has 1 N–H and O–H groups in total. The molecule has 1 aromatic rings. The van der Waals surface area contributed by atoms with Gasteiger partial charge in [-0.15, -0.1) is 0 Å². The van der Waals surface area contributed by atoms with Gasteiger partial charge in [-0.1, -0.05) is 12.1 Å². The normalized spacial score (nSPS) is 24.1. The van der Waals surface area contributed by atoms with Gasteiger partial charge in [0.15, 0.2) is 5.60 Å². The standard InChI is InChI=1S/C22H28F3NO4/c1-21(29,22(23,24)25)16-7-5-15(6-8-16)20(28)26(18-11-12-18)17-9-3-14(4-10-17)13-19(27)30-2/h5-8,14,17-18,29H,3-4,9-13H2,1-2H3/t14?,17?,21-/m0/s1. The number of hydrogen-bond acceptors (Lipinski definition) is 4. The molecule has 30 heavy (non-hydrogen) atoms. The Kier molecular flexibility index (Phi) is 6.45. The van der Waals surface area contributed by atoms with E-state index in [1.807, 2.05) is 4.90 Å². The fourth-order valence-corrected chi connectivity index (χ4v) is 4.18. The molecule has 0 aromatic heterocycles. The van der Waals surface area contributed by atoms with Crippen LogP contribution in [-0.2, 0) is 15.1 Å². The lowest BCUT2D eigenvalue weighted by Crippen LogP contribution is -2.44. The Morgan fingerprint density at radius 3 is 1.97 bits per heavy atom. The van der Waals surface area contributed by atoms with Crippen molar-refractivity contribution in [3.63, 3.8) is 0 Å². The zero-order chi connectivity index (χ0) is 22.1. The molecule has 0 bridgehead atoms. The lowest BCUT2D eigenvalue weighted by Gasteiger charge is -2.37. The number of alkyl halides is 3. The SMILES string of the molecule is COC(=O)CC1CCC(N(C(=O)c2ccc([C@](C)(O)C(F)(F)F)cc2)C2CC2)CC1. The highest BCUT2D eigenvalue weighted by Crippen LogP contribution is 2.40. The van der Waals surface area contributed by atoms with Gasteiger partial charge in [-0.25, -0.2) is 0 Å². The van der Waals surface area contributed by atoms with E-state index in [2.05, 4.69) is 0 Å². The Balaban J connectivity index is 1.69. The maximum atomic E-state index is 13.2. The summed E-state index contributed by atoms with van der Waals surface area (Å²) in [5.41, 5.74) is -2.95. The molecule has 0 unspecified atom stereocenters. The lowest BCUT2D eigenvalue weighted by molar-refractivity contribution is -0.258. The fraction of sp³-hybridized carbons (Fsp3) is 0.636. The second kappa shape index (κ2) is 8.57. The molecule has 1 aromatic carbocycles. The third kappa shape index (κ3) is 4.79. The van der Waals surface area contributed by atoms with Crippen LogP contribution in [0.25, 0.3) is 0 Å². The molecule has 5 nitrogen and oxygen atoms in total. The van der Waals surface area contributed by atoms with Gasteiger partial charge in [0.2, 0.25) is 0 Å². The molecule has 0 radical (unpaired) electrons. The predicted octanol–water partition coefficient (Wildman–Crippen LogP) is 4.18. The number of methoxy groups -OCH3 is 1. The molecule has 1 atom stereocenters. The van der Waals surface area contributed by atoms with E-state index in [1.54, 1.807) is 0 Å². The highest BCUT2D eigenvalue weighted by atomic mass is 19.4. The lowest BCUT2D eigenvalue weighted by atomic mass is 9.83. The Labute approximate surface area is 174 Å². The smallest absolute Gasteiger partial charge is 0.421 e. The predicted molar refractivity (Wildman–Crippen MR) is 104 cm³/mol. The van der Waals surface area contributed by atoms with Crippen molar-refractivity contribution >= 4 is 11.9 Å². The number of ether oxygens (including phenoxy) is 1. The van der Waals surface area contributed by atoms with E-state index in [4.69, 9.17) is 4.74 Å². The largest absolute Gasteiger partial charge is 0.469 e. The summed E-state index contributed by atoms with van der Waals surface area (Å²) in [6, 6.07) is 5.28. The van der Waals surface area contributed by atoms with E-state index in [0.29, 0.717) is 18.9 Å². The highest BCUT2D eigenvalue weighted by molar-refractivity contribution is 5.95. The van der Waals surface area contributed by atoms with Crippen molar-refractivity contribution in [1.82, 2.24) is 4.90 Å². The highest BCUT2D eigenvalue weighted by Gasteiger charge is 2.51. The van der Waals surface area contributed by atoms with Crippen LogP contribution >= 0.6 is 0 Å². The van der Waals surface area contributed by atoms with Crippen LogP contribution in [0, 0.1) is 5.92 Å². The van der Waals surface area contributed by atoms with E-state index in [9.17, 15) is 27.9 Å². The van der Waals surface area contributed by atoms with Crippen molar-refractivity contribution < 1.29 is 32.6 Å². The zero-order valence-electron chi connectivity index (χ0n) is 17.2. The minimum absolute atomic E-state index is 0.0665. The first-order valence-electron chi connectivity index (χ1n) is 10.3. The summed E-state index contributed by atoms with van der Waals surface area (Å²) in [6.45, 7) is 0.701. The van der Waals surface area contributed by atoms with Gasteiger partial charge in [0.1, 0.15) is 0 Å². The number of carbonyl (C=O) groups excluding carboxylic acids is 2. The van der Waals surface area contributed by atoms with E-state index in [0.717, 1.165) is 38.5 Å². The summed E-state index contributed by atoms with van der Waals surface area (Å²) >= 11 is 0. The molecular formula is C22H28F3NO4. The number of rotatable bonds is 6. The summed E-state index contributed by atoms with van der Waals surface area (Å²) in [7, 11) is 1.38. The summed E-state index contributed by atoms with van der Waals surface area (Å²) < 4.78 is 43.9. The number of halogens is 3. The van der Waals surface area contributed by atoms with Crippen molar-refractivity contribution in [3.8, 4) is 0 Å². The van der Waals surface area contributed by atoms with Crippen LogP contribution in [0.15, 0.2) is 24.3 Å². The molecule has 2 saturated carbocycles. The number of carbonyl (C=O) groups is 2. The molecule has 0 saturated heterocycles. The van der Waals surface area contributed by atoms with Gasteiger partial charge in [-0.3, -0.25) is 9.59 Å². The minimum Gasteiger partial charge on any atom is -0.469 e. The first kappa shape index (κ1) is 22.6. The Morgan fingerprint density at radius 1 is 1.03 bits per heavy atom. The van der Waals surface area contributed by atoms with Crippen LogP contribution in [0.5, 0.6) is 0 Å². The summed E-state index contributed by atoms with van der Waals surface area (Å²) in [5.74, 6) is -0.149. The molecule has 1 amide bonds. The van der Waals surface area contributed by atoms with E-state index in [1.165, 1.54) is 31.4 Å². The van der Waals surface area contributed by atoms with Gasteiger partial charge >= 0.3 is 12.1 Å². The molecule has 2 fully saturated rings. The Bertz CT molecular complexity index is 764. The minimum atomic E-state index is -4.80. The van der Waals surface area contributed by atoms with Crippen molar-refractivity contribution in [1.29, 1.82) is 0 Å². The van der Waals surface area contributed by atoms with Gasteiger partial charge in [0.25, 0.3) is 5.91 Å². The zero-order valence-corrected chi connectivity index (χ0v) is 17.2. The molecule has 0 spiro atoms. The van der Waals surface area contributed by atoms with Crippen molar-refractivity contribution in [2.45, 2.75) is 75.7 Å².